The topological polar surface area (TPSA) is 75.6 Å². The van der Waals surface area contributed by atoms with Gasteiger partial charge in [-0.15, -0.1) is 0 Å². The van der Waals surface area contributed by atoms with Crippen molar-refractivity contribution in [1.29, 1.82) is 0 Å². The normalized spacial score (nSPS) is 11.4. The molecule has 0 aliphatic carbocycles. The van der Waals surface area contributed by atoms with Crippen LogP contribution in [0.2, 0.25) is 0 Å². The summed E-state index contributed by atoms with van der Waals surface area (Å²) in [6.45, 7) is 7.51. The monoisotopic (exact) mass is 291 g/mol. The van der Waals surface area contributed by atoms with E-state index in [9.17, 15) is 9.59 Å². The number of carboxylic acids is 1. The molecule has 0 saturated heterocycles. The van der Waals surface area contributed by atoms with Gasteiger partial charge in [0.2, 0.25) is 0 Å². The number of hydrogen-bond acceptors (Lipinski definition) is 3. The fourth-order valence-corrected chi connectivity index (χ4v) is 1.66. The Morgan fingerprint density at radius 3 is 2.57 bits per heavy atom. The van der Waals surface area contributed by atoms with E-state index in [0.717, 1.165) is 5.56 Å². The van der Waals surface area contributed by atoms with E-state index in [4.69, 9.17) is 9.84 Å². The summed E-state index contributed by atoms with van der Waals surface area (Å²) in [5.41, 5.74) is 1.27. The number of benzene rings is 1. The highest BCUT2D eigenvalue weighted by Gasteiger charge is 2.15. The number of carboxylic acid groups (broad SMARTS) is 1. The summed E-state index contributed by atoms with van der Waals surface area (Å²) in [4.78, 5) is 22.5. The Balaban J connectivity index is 2.64. The SMILES string of the molecule is Cc1ccc(C(=O)O)c(C=CCNC(=O)OC(C)(C)C)c1. The third-order valence-corrected chi connectivity index (χ3v) is 2.50. The van der Waals surface area contributed by atoms with Crippen molar-refractivity contribution in [3.8, 4) is 0 Å². The number of ether oxygens (including phenoxy) is 1. The molecule has 0 heterocycles. The van der Waals surface area contributed by atoms with Crippen molar-refractivity contribution >= 4 is 18.1 Å². The first-order valence-corrected chi connectivity index (χ1v) is 6.66. The van der Waals surface area contributed by atoms with Crippen LogP contribution in [0.4, 0.5) is 4.79 Å². The summed E-state index contributed by atoms with van der Waals surface area (Å²) in [6, 6.07) is 5.10. The van der Waals surface area contributed by atoms with Crippen LogP contribution in [0, 0.1) is 6.92 Å². The summed E-state index contributed by atoms with van der Waals surface area (Å²) in [5, 5.41) is 11.7. The number of rotatable bonds is 4. The van der Waals surface area contributed by atoms with Crippen molar-refractivity contribution in [3.05, 3.63) is 41.0 Å². The molecule has 0 radical (unpaired) electrons. The van der Waals surface area contributed by atoms with E-state index in [2.05, 4.69) is 5.32 Å². The first-order valence-electron chi connectivity index (χ1n) is 6.66. The Bertz CT molecular complexity index is 556. The summed E-state index contributed by atoms with van der Waals surface area (Å²) in [6.07, 6.45) is 2.86. The smallest absolute Gasteiger partial charge is 0.407 e. The van der Waals surface area contributed by atoms with Gasteiger partial charge in [0, 0.05) is 6.54 Å². The van der Waals surface area contributed by atoms with Gasteiger partial charge in [-0.25, -0.2) is 9.59 Å². The largest absolute Gasteiger partial charge is 0.478 e. The number of aromatic carboxylic acids is 1. The fraction of sp³-hybridized carbons (Fsp3) is 0.375. The Morgan fingerprint density at radius 1 is 1.33 bits per heavy atom. The highest BCUT2D eigenvalue weighted by molar-refractivity contribution is 5.92. The van der Waals surface area contributed by atoms with Crippen LogP contribution in [0.25, 0.3) is 6.08 Å². The first kappa shape index (κ1) is 16.8. The van der Waals surface area contributed by atoms with Gasteiger partial charge in [0.15, 0.2) is 0 Å². The van der Waals surface area contributed by atoms with Gasteiger partial charge in [-0.1, -0.05) is 29.8 Å². The van der Waals surface area contributed by atoms with Crippen LogP contribution in [0.15, 0.2) is 24.3 Å². The lowest BCUT2D eigenvalue weighted by Gasteiger charge is -2.19. The molecule has 2 N–H and O–H groups in total. The summed E-state index contributed by atoms with van der Waals surface area (Å²) in [5.74, 6) is -0.977. The Morgan fingerprint density at radius 2 is 2.00 bits per heavy atom. The second-order valence-electron chi connectivity index (χ2n) is 5.68. The van der Waals surface area contributed by atoms with Gasteiger partial charge in [-0.3, -0.25) is 0 Å². The third kappa shape index (κ3) is 6.12. The molecular weight excluding hydrogens is 270 g/mol. The molecule has 0 unspecified atom stereocenters. The molecule has 1 rings (SSSR count). The predicted molar refractivity (Wildman–Crippen MR) is 81.4 cm³/mol. The van der Waals surface area contributed by atoms with Gasteiger partial charge < -0.3 is 15.2 Å². The van der Waals surface area contributed by atoms with Crippen molar-refractivity contribution in [2.45, 2.75) is 33.3 Å². The Hall–Kier alpha value is -2.30. The van der Waals surface area contributed by atoms with Crippen LogP contribution < -0.4 is 5.32 Å². The maximum absolute atomic E-state index is 11.4. The molecule has 0 spiro atoms. The van der Waals surface area contributed by atoms with E-state index in [1.807, 2.05) is 6.92 Å². The molecule has 0 aliphatic heterocycles. The molecular formula is C16H21NO4. The van der Waals surface area contributed by atoms with Gasteiger partial charge in [-0.2, -0.15) is 0 Å². The van der Waals surface area contributed by atoms with E-state index in [1.54, 1.807) is 51.1 Å². The van der Waals surface area contributed by atoms with Gasteiger partial charge in [-0.05, 0) is 39.3 Å². The summed E-state index contributed by atoms with van der Waals surface area (Å²) >= 11 is 0. The maximum atomic E-state index is 11.4. The van der Waals surface area contributed by atoms with E-state index < -0.39 is 17.7 Å². The average molecular weight is 291 g/mol. The van der Waals surface area contributed by atoms with Crippen LogP contribution in [-0.2, 0) is 4.74 Å². The summed E-state index contributed by atoms with van der Waals surface area (Å²) < 4.78 is 5.09. The summed E-state index contributed by atoms with van der Waals surface area (Å²) in [7, 11) is 0. The third-order valence-electron chi connectivity index (χ3n) is 2.50. The van der Waals surface area contributed by atoms with Crippen molar-refractivity contribution in [3.63, 3.8) is 0 Å². The maximum Gasteiger partial charge on any atom is 0.407 e. The zero-order valence-electron chi connectivity index (χ0n) is 12.8. The molecule has 0 aliphatic rings. The Labute approximate surface area is 124 Å². The van der Waals surface area contributed by atoms with Crippen molar-refractivity contribution in [1.82, 2.24) is 5.32 Å². The number of aryl methyl sites for hydroxylation is 1. The van der Waals surface area contributed by atoms with Gasteiger partial charge in [0.25, 0.3) is 0 Å². The first-order chi connectivity index (χ1) is 9.69. The number of carbonyl (C=O) groups excluding carboxylic acids is 1. The lowest BCUT2D eigenvalue weighted by Crippen LogP contribution is -2.32. The van der Waals surface area contributed by atoms with Gasteiger partial charge in [0.1, 0.15) is 5.60 Å². The lowest BCUT2D eigenvalue weighted by atomic mass is 10.0. The molecule has 0 bridgehead atoms. The number of carbonyl (C=O) groups is 2. The zero-order valence-corrected chi connectivity index (χ0v) is 12.8. The fourth-order valence-electron chi connectivity index (χ4n) is 1.66. The number of hydrogen-bond donors (Lipinski definition) is 2. The standard InChI is InChI=1S/C16H21NO4/c1-11-7-8-13(14(18)19)12(10-11)6-5-9-17-15(20)21-16(2,3)4/h5-8,10H,9H2,1-4H3,(H,17,20)(H,18,19). The predicted octanol–water partition coefficient (Wildman–Crippen LogP) is 3.23. The number of amides is 1. The van der Waals surface area contributed by atoms with E-state index in [0.29, 0.717) is 5.56 Å². The highest BCUT2D eigenvalue weighted by Crippen LogP contribution is 2.13. The van der Waals surface area contributed by atoms with E-state index in [1.165, 1.54) is 0 Å². The van der Waals surface area contributed by atoms with Crippen LogP contribution in [-0.4, -0.2) is 29.3 Å². The molecule has 1 aromatic rings. The van der Waals surface area contributed by atoms with Gasteiger partial charge in [0.05, 0.1) is 5.56 Å². The minimum Gasteiger partial charge on any atom is -0.478 e. The van der Waals surface area contributed by atoms with Crippen LogP contribution >= 0.6 is 0 Å². The average Bonchev–Trinajstić information content (AvgIpc) is 2.32. The minimum absolute atomic E-state index is 0.231. The molecule has 114 valence electrons. The van der Waals surface area contributed by atoms with Crippen LogP contribution in [0.5, 0.6) is 0 Å². The van der Waals surface area contributed by atoms with Crippen LogP contribution in [0.3, 0.4) is 0 Å². The minimum atomic E-state index is -0.977. The van der Waals surface area contributed by atoms with E-state index in [-0.39, 0.29) is 12.1 Å². The van der Waals surface area contributed by atoms with Crippen molar-refractivity contribution in [2.75, 3.05) is 6.54 Å². The second-order valence-corrected chi connectivity index (χ2v) is 5.68. The molecule has 0 saturated carbocycles. The molecule has 1 amide bonds. The molecule has 0 fully saturated rings. The lowest BCUT2D eigenvalue weighted by molar-refractivity contribution is 0.0533. The molecule has 0 aromatic heterocycles. The zero-order chi connectivity index (χ0) is 16.0. The molecule has 1 aromatic carbocycles. The van der Waals surface area contributed by atoms with Crippen molar-refractivity contribution < 1.29 is 19.4 Å². The van der Waals surface area contributed by atoms with E-state index >= 15 is 0 Å². The molecule has 5 heteroatoms. The quantitative estimate of drug-likeness (QED) is 0.893. The molecule has 0 atom stereocenters. The molecule has 5 nitrogen and oxygen atoms in total. The van der Waals surface area contributed by atoms with Crippen molar-refractivity contribution in [2.24, 2.45) is 0 Å². The highest BCUT2D eigenvalue weighted by atomic mass is 16.6. The van der Waals surface area contributed by atoms with Gasteiger partial charge >= 0.3 is 12.1 Å². The Kier molecular flexibility index (Phi) is 5.52. The van der Waals surface area contributed by atoms with Crippen LogP contribution in [0.1, 0.15) is 42.3 Å². The number of nitrogens with one attached hydrogen (secondary N) is 1. The molecule has 21 heavy (non-hydrogen) atoms. The second kappa shape index (κ2) is 6.92. The number of alkyl carbamates (subject to hydrolysis) is 1.